The van der Waals surface area contributed by atoms with Crippen molar-refractivity contribution in [2.75, 3.05) is 13.2 Å². The Morgan fingerprint density at radius 1 is 0.769 bits per heavy atom. The van der Waals surface area contributed by atoms with Gasteiger partial charge in [0.25, 0.3) is 0 Å². The van der Waals surface area contributed by atoms with E-state index in [-0.39, 0.29) is 0 Å². The van der Waals surface area contributed by atoms with Crippen molar-refractivity contribution in [3.05, 3.63) is 36.5 Å². The zero-order valence-corrected chi connectivity index (χ0v) is 16.2. The van der Waals surface area contributed by atoms with E-state index in [2.05, 4.69) is 36.2 Å². The van der Waals surface area contributed by atoms with Crippen molar-refractivity contribution in [1.82, 2.24) is 10.2 Å². The second-order valence-electron chi connectivity index (χ2n) is 6.63. The third kappa shape index (κ3) is 7.42. The molecule has 0 radical (unpaired) electrons. The lowest BCUT2D eigenvalue weighted by molar-refractivity contribution is 0.290. The second kappa shape index (κ2) is 12.3. The van der Waals surface area contributed by atoms with Gasteiger partial charge in [0, 0.05) is 11.6 Å². The summed E-state index contributed by atoms with van der Waals surface area (Å²) in [5.74, 6) is 1.49. The molecule has 0 unspecified atom stereocenters. The summed E-state index contributed by atoms with van der Waals surface area (Å²) in [6.07, 6.45) is 11.3. The van der Waals surface area contributed by atoms with Crippen LogP contribution >= 0.6 is 0 Å². The summed E-state index contributed by atoms with van der Waals surface area (Å²) in [7, 11) is 0. The number of nitrogens with zero attached hydrogens (tertiary/aromatic N) is 2. The molecule has 26 heavy (non-hydrogen) atoms. The maximum Gasteiger partial charge on any atom is 0.233 e. The molecule has 142 valence electrons. The maximum absolute atomic E-state index is 5.88. The topological polar surface area (TPSA) is 44.2 Å². The van der Waals surface area contributed by atoms with Gasteiger partial charge in [0.2, 0.25) is 5.88 Å². The summed E-state index contributed by atoms with van der Waals surface area (Å²) in [6, 6.07) is 10.1. The molecule has 0 saturated carbocycles. The molecule has 0 aliphatic rings. The fourth-order valence-corrected chi connectivity index (χ4v) is 2.77. The highest BCUT2D eigenvalue weighted by Gasteiger charge is 2.04. The molecule has 0 aliphatic carbocycles. The van der Waals surface area contributed by atoms with Gasteiger partial charge in [-0.25, -0.2) is 0 Å². The van der Waals surface area contributed by atoms with Crippen LogP contribution in [0, 0.1) is 0 Å². The standard InChI is InChI=1S/C22H32N2O2/c1-3-5-7-9-14-25-21-13-11-12-19(16-21)20-17-22(24-23-18-20)26-15-10-8-6-4-2/h11-13,16-18H,3-10,14-15H2,1-2H3. The van der Waals surface area contributed by atoms with Crippen LogP contribution in [0.3, 0.4) is 0 Å². The number of rotatable bonds is 13. The Balaban J connectivity index is 1.89. The average molecular weight is 357 g/mol. The van der Waals surface area contributed by atoms with Gasteiger partial charge >= 0.3 is 0 Å². The Labute approximate surface area is 158 Å². The quantitative estimate of drug-likeness (QED) is 0.409. The fraction of sp³-hybridized carbons (Fsp3) is 0.545. The smallest absolute Gasteiger partial charge is 0.233 e. The number of unbranched alkanes of at least 4 members (excludes halogenated alkanes) is 6. The molecule has 0 spiro atoms. The molecule has 0 atom stereocenters. The van der Waals surface area contributed by atoms with Crippen molar-refractivity contribution in [1.29, 1.82) is 0 Å². The zero-order valence-electron chi connectivity index (χ0n) is 16.2. The van der Waals surface area contributed by atoms with Crippen LogP contribution < -0.4 is 9.47 Å². The molecule has 0 amide bonds. The monoisotopic (exact) mass is 356 g/mol. The lowest BCUT2D eigenvalue weighted by Crippen LogP contribution is -2.00. The van der Waals surface area contributed by atoms with Gasteiger partial charge in [-0.2, -0.15) is 5.10 Å². The van der Waals surface area contributed by atoms with E-state index >= 15 is 0 Å². The van der Waals surface area contributed by atoms with E-state index in [1.165, 1.54) is 38.5 Å². The largest absolute Gasteiger partial charge is 0.494 e. The number of hydrogen-bond donors (Lipinski definition) is 0. The summed E-state index contributed by atoms with van der Waals surface area (Å²) < 4.78 is 11.6. The van der Waals surface area contributed by atoms with Gasteiger partial charge in [0.15, 0.2) is 0 Å². The second-order valence-corrected chi connectivity index (χ2v) is 6.63. The van der Waals surface area contributed by atoms with Crippen LogP contribution in [0.4, 0.5) is 0 Å². The number of ether oxygens (including phenoxy) is 2. The summed E-state index contributed by atoms with van der Waals surface area (Å²) in [5, 5.41) is 8.17. The average Bonchev–Trinajstić information content (AvgIpc) is 2.68. The van der Waals surface area contributed by atoms with Crippen molar-refractivity contribution in [3.8, 4) is 22.8 Å². The Kier molecular flexibility index (Phi) is 9.55. The van der Waals surface area contributed by atoms with E-state index in [0.717, 1.165) is 36.3 Å². The lowest BCUT2D eigenvalue weighted by atomic mass is 10.1. The van der Waals surface area contributed by atoms with E-state index in [0.29, 0.717) is 12.5 Å². The minimum absolute atomic E-state index is 0.588. The molecule has 0 fully saturated rings. The first-order chi connectivity index (χ1) is 12.8. The summed E-state index contributed by atoms with van der Waals surface area (Å²) in [4.78, 5) is 0. The van der Waals surface area contributed by atoms with Gasteiger partial charge in [0.1, 0.15) is 5.75 Å². The molecule has 2 aromatic rings. The SMILES string of the molecule is CCCCCCOc1cccc(-c2cnnc(OCCCCCC)c2)c1. The van der Waals surface area contributed by atoms with Gasteiger partial charge in [-0.15, -0.1) is 5.10 Å². The highest BCUT2D eigenvalue weighted by Crippen LogP contribution is 2.25. The Hall–Kier alpha value is -2.10. The predicted molar refractivity (Wildman–Crippen MR) is 107 cm³/mol. The van der Waals surface area contributed by atoms with E-state index in [9.17, 15) is 0 Å². The number of hydrogen-bond acceptors (Lipinski definition) is 4. The normalized spacial score (nSPS) is 10.7. The molecule has 0 N–H and O–H groups in total. The molecule has 4 nitrogen and oxygen atoms in total. The van der Waals surface area contributed by atoms with Crippen molar-refractivity contribution in [2.24, 2.45) is 0 Å². The van der Waals surface area contributed by atoms with E-state index < -0.39 is 0 Å². The molecule has 4 heteroatoms. The summed E-state index contributed by atoms with van der Waals surface area (Å²) >= 11 is 0. The molecule has 1 heterocycles. The van der Waals surface area contributed by atoms with Crippen molar-refractivity contribution in [3.63, 3.8) is 0 Å². The maximum atomic E-state index is 5.88. The van der Waals surface area contributed by atoms with Crippen LogP contribution in [0.5, 0.6) is 11.6 Å². The minimum atomic E-state index is 0.588. The van der Waals surface area contributed by atoms with Gasteiger partial charge in [-0.1, -0.05) is 64.5 Å². The zero-order chi connectivity index (χ0) is 18.5. The van der Waals surface area contributed by atoms with E-state index in [4.69, 9.17) is 9.47 Å². The summed E-state index contributed by atoms with van der Waals surface area (Å²) in [6.45, 7) is 5.89. The highest BCUT2D eigenvalue weighted by atomic mass is 16.5. The Morgan fingerprint density at radius 3 is 2.23 bits per heavy atom. The molecular weight excluding hydrogens is 324 g/mol. The first kappa shape index (κ1) is 20.2. The third-order valence-corrected chi connectivity index (χ3v) is 4.31. The molecule has 0 saturated heterocycles. The first-order valence-corrected chi connectivity index (χ1v) is 10.0. The van der Waals surface area contributed by atoms with Crippen LogP contribution in [-0.2, 0) is 0 Å². The molecular formula is C22H32N2O2. The Morgan fingerprint density at radius 2 is 1.50 bits per heavy atom. The van der Waals surface area contributed by atoms with Gasteiger partial charge in [-0.05, 0) is 30.5 Å². The van der Waals surface area contributed by atoms with Gasteiger partial charge in [0.05, 0.1) is 19.4 Å². The lowest BCUT2D eigenvalue weighted by Gasteiger charge is -2.09. The van der Waals surface area contributed by atoms with Crippen LogP contribution in [0.1, 0.15) is 65.2 Å². The third-order valence-electron chi connectivity index (χ3n) is 4.31. The van der Waals surface area contributed by atoms with Crippen LogP contribution in [-0.4, -0.2) is 23.4 Å². The number of benzene rings is 1. The fourth-order valence-electron chi connectivity index (χ4n) is 2.77. The van der Waals surface area contributed by atoms with Crippen LogP contribution in [0.2, 0.25) is 0 Å². The molecule has 0 bridgehead atoms. The Bertz CT molecular complexity index is 576. The summed E-state index contributed by atoms with van der Waals surface area (Å²) in [5.41, 5.74) is 2.07. The van der Waals surface area contributed by atoms with E-state index in [1.807, 2.05) is 18.2 Å². The van der Waals surface area contributed by atoms with Crippen LogP contribution in [0.25, 0.3) is 11.1 Å². The highest BCUT2D eigenvalue weighted by molar-refractivity contribution is 5.64. The first-order valence-electron chi connectivity index (χ1n) is 10.0. The van der Waals surface area contributed by atoms with Crippen molar-refractivity contribution >= 4 is 0 Å². The van der Waals surface area contributed by atoms with Crippen molar-refractivity contribution in [2.45, 2.75) is 65.2 Å². The predicted octanol–water partition coefficient (Wildman–Crippen LogP) is 6.06. The van der Waals surface area contributed by atoms with Crippen molar-refractivity contribution < 1.29 is 9.47 Å². The molecule has 2 rings (SSSR count). The minimum Gasteiger partial charge on any atom is -0.494 e. The molecule has 0 aliphatic heterocycles. The van der Waals surface area contributed by atoms with Gasteiger partial charge in [-0.3, -0.25) is 0 Å². The van der Waals surface area contributed by atoms with Gasteiger partial charge < -0.3 is 9.47 Å². The molecule has 1 aromatic heterocycles. The van der Waals surface area contributed by atoms with E-state index in [1.54, 1.807) is 6.20 Å². The molecule has 1 aromatic carbocycles. The van der Waals surface area contributed by atoms with Crippen LogP contribution in [0.15, 0.2) is 36.5 Å². The number of aromatic nitrogens is 2.